The van der Waals surface area contributed by atoms with Crippen LogP contribution in [0.1, 0.15) is 6.92 Å². The molecule has 4 rings (SSSR count). The Hall–Kier alpha value is -4.23. The summed E-state index contributed by atoms with van der Waals surface area (Å²) in [6.45, 7) is 1.58. The molecule has 1 atom stereocenters. The van der Waals surface area contributed by atoms with Crippen LogP contribution in [-0.4, -0.2) is 40.7 Å². The second-order valence-corrected chi connectivity index (χ2v) is 8.44. The third-order valence-corrected chi connectivity index (χ3v) is 5.79. The van der Waals surface area contributed by atoms with Crippen LogP contribution in [0.15, 0.2) is 74.8 Å². The van der Waals surface area contributed by atoms with Gasteiger partial charge in [-0.3, -0.25) is 19.5 Å². The Bertz CT molecular complexity index is 1470. The summed E-state index contributed by atoms with van der Waals surface area (Å²) in [6, 6.07) is 11.4. The van der Waals surface area contributed by atoms with Crippen LogP contribution in [0.25, 0.3) is 10.8 Å². The third-order valence-electron chi connectivity index (χ3n) is 4.89. The molecule has 0 aliphatic carbocycles. The maximum absolute atomic E-state index is 12.8. The number of hydrogen-bond acceptors (Lipinski definition) is 9. The molecule has 1 amide bonds. The molecular formula is C20H15N5O7S. The molecule has 0 spiro atoms. The summed E-state index contributed by atoms with van der Waals surface area (Å²) in [7, 11) is -4.83. The van der Waals surface area contributed by atoms with Crippen LogP contribution in [0.5, 0.6) is 5.75 Å². The first-order valence-electron chi connectivity index (χ1n) is 9.34. The number of nitro benzene ring substituents is 1. The largest absolute Gasteiger partial charge is 0.506 e. The van der Waals surface area contributed by atoms with Gasteiger partial charge in [-0.2, -0.15) is 28.8 Å². The Labute approximate surface area is 186 Å². The van der Waals surface area contributed by atoms with Crippen molar-refractivity contribution in [2.45, 2.75) is 17.9 Å². The fraction of sp³-hybridized carbons (Fsp3) is 0.100. The first kappa shape index (κ1) is 22.0. The van der Waals surface area contributed by atoms with Crippen molar-refractivity contribution in [3.8, 4) is 5.75 Å². The minimum Gasteiger partial charge on any atom is -0.506 e. The van der Waals surface area contributed by atoms with Gasteiger partial charge in [0.25, 0.3) is 21.7 Å². The number of fused-ring (bicyclic) bond motifs is 1. The third kappa shape index (κ3) is 4.02. The number of carbonyl (C=O) groups is 1. The Morgan fingerprint density at radius 1 is 1.12 bits per heavy atom. The van der Waals surface area contributed by atoms with E-state index in [0.717, 1.165) is 12.1 Å². The van der Waals surface area contributed by atoms with Gasteiger partial charge in [0.1, 0.15) is 16.3 Å². The van der Waals surface area contributed by atoms with Gasteiger partial charge in [0, 0.05) is 29.0 Å². The minimum absolute atomic E-state index is 0.0306. The predicted molar refractivity (Wildman–Crippen MR) is 117 cm³/mol. The number of nitrogens with zero attached hydrogens (tertiary/aromatic N) is 5. The summed E-state index contributed by atoms with van der Waals surface area (Å²) < 4.78 is 33.1. The Kier molecular flexibility index (Phi) is 5.35. The number of azo groups is 1. The number of benzene rings is 3. The van der Waals surface area contributed by atoms with E-state index in [0.29, 0.717) is 17.5 Å². The van der Waals surface area contributed by atoms with Gasteiger partial charge in [-0.05, 0) is 25.1 Å². The molecule has 0 radical (unpaired) electrons. The fourth-order valence-electron chi connectivity index (χ4n) is 3.34. The average Bonchev–Trinajstić information content (AvgIpc) is 3.05. The molecule has 0 saturated carbocycles. The number of phenols is 1. The molecule has 1 aliphatic rings. The summed E-state index contributed by atoms with van der Waals surface area (Å²) in [5, 5.41) is 34.5. The smallest absolute Gasteiger partial charge is 0.295 e. The maximum Gasteiger partial charge on any atom is 0.295 e. The zero-order valence-electron chi connectivity index (χ0n) is 16.9. The first-order chi connectivity index (χ1) is 15.6. The van der Waals surface area contributed by atoms with Crippen molar-refractivity contribution in [2.75, 3.05) is 5.01 Å². The van der Waals surface area contributed by atoms with E-state index in [4.69, 9.17) is 0 Å². The molecule has 12 nitrogen and oxygen atoms in total. The lowest BCUT2D eigenvalue weighted by molar-refractivity contribution is -0.384. The fourth-order valence-corrected chi connectivity index (χ4v) is 4.05. The maximum atomic E-state index is 12.8. The van der Waals surface area contributed by atoms with Gasteiger partial charge in [0.15, 0.2) is 6.04 Å². The standard InChI is InChI=1S/C20H15N5O7S/c1-11-18(20(27)24(23-11)12-5-3-2-4-6-12)21-22-19-14-8-7-13(25(28)29)9-15(14)17(10-16(19)26)33(30,31)32/h2-10,18,26H,1H3,(H,30,31,32)/t18-/m1/s1. The number of phenolic OH excluding ortho intramolecular Hbond substituents is 1. The zero-order chi connectivity index (χ0) is 23.9. The molecule has 33 heavy (non-hydrogen) atoms. The van der Waals surface area contributed by atoms with Gasteiger partial charge in [0.05, 0.1) is 16.3 Å². The van der Waals surface area contributed by atoms with E-state index >= 15 is 0 Å². The van der Waals surface area contributed by atoms with Crippen molar-refractivity contribution >= 4 is 49.6 Å². The highest BCUT2D eigenvalue weighted by molar-refractivity contribution is 7.86. The Balaban J connectivity index is 1.79. The lowest BCUT2D eigenvalue weighted by Crippen LogP contribution is -2.29. The van der Waals surface area contributed by atoms with E-state index in [1.54, 1.807) is 37.3 Å². The predicted octanol–water partition coefficient (Wildman–Crippen LogP) is 3.58. The highest BCUT2D eigenvalue weighted by atomic mass is 32.2. The quantitative estimate of drug-likeness (QED) is 0.248. The van der Waals surface area contributed by atoms with Crippen molar-refractivity contribution in [1.29, 1.82) is 0 Å². The molecular weight excluding hydrogens is 454 g/mol. The zero-order valence-corrected chi connectivity index (χ0v) is 17.7. The van der Waals surface area contributed by atoms with Gasteiger partial charge >= 0.3 is 0 Å². The SMILES string of the molecule is CC1=NN(c2ccccc2)C(=O)[C@@H]1N=Nc1c(O)cc(S(=O)(=O)O)c2cc([N+](=O)[O-])ccc12. The van der Waals surface area contributed by atoms with Gasteiger partial charge in [-0.1, -0.05) is 18.2 Å². The molecule has 1 heterocycles. The summed E-state index contributed by atoms with van der Waals surface area (Å²) in [5.41, 5.74) is 0.193. The van der Waals surface area contributed by atoms with Crippen LogP contribution in [-0.2, 0) is 14.9 Å². The van der Waals surface area contributed by atoms with Gasteiger partial charge in [0.2, 0.25) is 0 Å². The number of hydrazone groups is 1. The first-order valence-corrected chi connectivity index (χ1v) is 10.8. The lowest BCUT2D eigenvalue weighted by atomic mass is 10.1. The van der Waals surface area contributed by atoms with Crippen molar-refractivity contribution in [1.82, 2.24) is 0 Å². The highest BCUT2D eigenvalue weighted by Gasteiger charge is 2.35. The number of amides is 1. The van der Waals surface area contributed by atoms with Crippen molar-refractivity contribution < 1.29 is 27.8 Å². The second kappa shape index (κ2) is 8.03. The molecule has 0 unspecified atom stereocenters. The van der Waals surface area contributed by atoms with Crippen LogP contribution in [0, 0.1) is 10.1 Å². The number of nitro groups is 1. The Morgan fingerprint density at radius 3 is 2.45 bits per heavy atom. The van der Waals surface area contributed by atoms with E-state index in [1.807, 2.05) is 0 Å². The summed E-state index contributed by atoms with van der Waals surface area (Å²) >= 11 is 0. The number of non-ortho nitro benzene ring substituents is 1. The van der Waals surface area contributed by atoms with Crippen LogP contribution in [0.3, 0.4) is 0 Å². The number of anilines is 1. The van der Waals surface area contributed by atoms with Crippen LogP contribution < -0.4 is 5.01 Å². The number of carbonyl (C=O) groups excluding carboxylic acids is 1. The van der Waals surface area contributed by atoms with Gasteiger partial charge < -0.3 is 5.11 Å². The number of rotatable bonds is 5. The lowest BCUT2D eigenvalue weighted by Gasteiger charge is -2.12. The van der Waals surface area contributed by atoms with E-state index < -0.39 is 43.3 Å². The summed E-state index contributed by atoms with van der Waals surface area (Å²) in [5.74, 6) is -1.15. The molecule has 2 N–H and O–H groups in total. The molecule has 3 aromatic carbocycles. The van der Waals surface area contributed by atoms with Crippen molar-refractivity contribution in [2.24, 2.45) is 15.3 Å². The monoisotopic (exact) mass is 469 g/mol. The minimum atomic E-state index is -4.83. The molecule has 0 saturated heterocycles. The van der Waals surface area contributed by atoms with E-state index in [2.05, 4.69) is 15.3 Å². The average molecular weight is 469 g/mol. The second-order valence-electron chi connectivity index (χ2n) is 7.05. The van der Waals surface area contributed by atoms with Crippen LogP contribution in [0.4, 0.5) is 17.1 Å². The van der Waals surface area contributed by atoms with E-state index in [1.165, 1.54) is 11.1 Å². The molecule has 168 valence electrons. The van der Waals surface area contributed by atoms with Crippen molar-refractivity contribution in [3.63, 3.8) is 0 Å². The molecule has 0 aromatic heterocycles. The number of hydrogen-bond donors (Lipinski definition) is 2. The van der Waals surface area contributed by atoms with Crippen molar-refractivity contribution in [3.05, 3.63) is 64.7 Å². The van der Waals surface area contributed by atoms with Crippen LogP contribution >= 0.6 is 0 Å². The van der Waals surface area contributed by atoms with Gasteiger partial charge in [-0.15, -0.1) is 0 Å². The number of para-hydroxylation sites is 1. The highest BCUT2D eigenvalue weighted by Crippen LogP contribution is 2.41. The Morgan fingerprint density at radius 2 is 1.82 bits per heavy atom. The summed E-state index contributed by atoms with van der Waals surface area (Å²) in [6.07, 6.45) is 0. The van der Waals surface area contributed by atoms with E-state index in [9.17, 15) is 33.0 Å². The topological polar surface area (TPSA) is 175 Å². The van der Waals surface area contributed by atoms with Gasteiger partial charge in [-0.25, -0.2) is 0 Å². The molecule has 3 aromatic rings. The molecule has 1 aliphatic heterocycles. The normalized spacial score (nSPS) is 16.5. The molecule has 0 bridgehead atoms. The molecule has 0 fully saturated rings. The van der Waals surface area contributed by atoms with E-state index in [-0.39, 0.29) is 16.5 Å². The van der Waals surface area contributed by atoms with Crippen LogP contribution in [0.2, 0.25) is 0 Å². The molecule has 13 heteroatoms. The summed E-state index contributed by atoms with van der Waals surface area (Å²) in [4.78, 5) is 22.4. The number of aromatic hydroxyl groups is 1.